The Balaban J connectivity index is 1.62. The van der Waals surface area contributed by atoms with Crippen LogP contribution < -0.4 is 9.80 Å². The third-order valence-corrected chi connectivity index (χ3v) is 5.58. The van der Waals surface area contributed by atoms with Gasteiger partial charge in [0, 0.05) is 37.7 Å². The van der Waals surface area contributed by atoms with E-state index in [0.717, 1.165) is 43.6 Å². The molecular weight excluding hydrogens is 326 g/mol. The minimum atomic E-state index is -0.398. The Bertz CT molecular complexity index is 890. The van der Waals surface area contributed by atoms with Gasteiger partial charge in [0.05, 0.1) is 5.41 Å². The number of hydrogen-bond acceptors (Lipinski definition) is 5. The smallest absolute Gasteiger partial charge is 0.235 e. The Labute approximate surface area is 153 Å². The lowest BCUT2D eigenvalue weighted by Gasteiger charge is -2.39. The third kappa shape index (κ3) is 2.60. The van der Waals surface area contributed by atoms with Crippen molar-refractivity contribution in [3.63, 3.8) is 0 Å². The summed E-state index contributed by atoms with van der Waals surface area (Å²) in [6, 6.07) is 10.1. The summed E-state index contributed by atoms with van der Waals surface area (Å²) in [5.74, 6) is 0.787. The number of anilines is 2. The first-order valence-electron chi connectivity index (χ1n) is 8.98. The molecule has 132 valence electrons. The Hall–Kier alpha value is -2.94. The van der Waals surface area contributed by atoms with Gasteiger partial charge in [0.2, 0.25) is 5.91 Å². The maximum absolute atomic E-state index is 13.4. The fourth-order valence-corrected chi connectivity index (χ4v) is 4.25. The second-order valence-electron chi connectivity index (χ2n) is 7.14. The summed E-state index contributed by atoms with van der Waals surface area (Å²) in [5, 5.41) is 9.32. The van der Waals surface area contributed by atoms with E-state index in [-0.39, 0.29) is 5.91 Å². The molecule has 2 fully saturated rings. The van der Waals surface area contributed by atoms with Crippen LogP contribution in [0.4, 0.5) is 11.5 Å². The number of rotatable bonds is 2. The first kappa shape index (κ1) is 16.5. The summed E-state index contributed by atoms with van der Waals surface area (Å²) < 4.78 is 0. The molecule has 1 aromatic carbocycles. The van der Waals surface area contributed by atoms with Gasteiger partial charge >= 0.3 is 0 Å². The van der Waals surface area contributed by atoms with Crippen molar-refractivity contribution in [3.8, 4) is 6.07 Å². The number of aromatic nitrogens is 2. The van der Waals surface area contributed by atoms with Crippen molar-refractivity contribution in [2.45, 2.75) is 26.2 Å². The summed E-state index contributed by atoms with van der Waals surface area (Å²) in [4.78, 5) is 25.8. The molecule has 4 rings (SSSR count). The molecule has 6 nitrogen and oxygen atoms in total. The second-order valence-corrected chi connectivity index (χ2v) is 7.14. The van der Waals surface area contributed by atoms with Gasteiger partial charge in [0.15, 0.2) is 11.5 Å². The number of nitrogens with zero attached hydrogens (tertiary/aromatic N) is 5. The van der Waals surface area contributed by atoms with E-state index < -0.39 is 5.41 Å². The largest absolute Gasteiger partial charge is 0.353 e. The SMILES string of the molecule is Cc1ccccc1N1CC[C@@]2(CCCN(c3nccnc3C#N)C2)C1=O. The maximum Gasteiger partial charge on any atom is 0.235 e. The number of piperidine rings is 1. The lowest BCUT2D eigenvalue weighted by atomic mass is 9.78. The van der Waals surface area contributed by atoms with E-state index >= 15 is 0 Å². The summed E-state index contributed by atoms with van der Waals surface area (Å²) in [5.41, 5.74) is 2.05. The van der Waals surface area contributed by atoms with E-state index in [0.29, 0.717) is 18.1 Å². The van der Waals surface area contributed by atoms with Crippen LogP contribution >= 0.6 is 0 Å². The van der Waals surface area contributed by atoms with Crippen LogP contribution in [0.25, 0.3) is 0 Å². The second kappa shape index (κ2) is 6.41. The highest BCUT2D eigenvalue weighted by molar-refractivity contribution is 6.01. The fraction of sp³-hybridized carbons (Fsp3) is 0.400. The van der Waals surface area contributed by atoms with Crippen LogP contribution in [-0.2, 0) is 4.79 Å². The molecule has 0 radical (unpaired) electrons. The van der Waals surface area contributed by atoms with E-state index in [1.807, 2.05) is 36.1 Å². The van der Waals surface area contributed by atoms with Gasteiger partial charge < -0.3 is 9.80 Å². The van der Waals surface area contributed by atoms with Crippen LogP contribution in [0.2, 0.25) is 0 Å². The summed E-state index contributed by atoms with van der Waals surface area (Å²) in [6.45, 7) is 4.18. The zero-order valence-corrected chi connectivity index (χ0v) is 14.9. The van der Waals surface area contributed by atoms with Gasteiger partial charge in [-0.15, -0.1) is 0 Å². The van der Waals surface area contributed by atoms with Gasteiger partial charge in [-0.25, -0.2) is 9.97 Å². The average Bonchev–Trinajstić information content (AvgIpc) is 2.98. The molecule has 2 aliphatic heterocycles. The van der Waals surface area contributed by atoms with E-state index in [1.54, 1.807) is 6.20 Å². The lowest BCUT2D eigenvalue weighted by molar-refractivity contribution is -0.126. The van der Waals surface area contributed by atoms with Crippen LogP contribution in [0.1, 0.15) is 30.5 Å². The Kier molecular flexibility index (Phi) is 4.08. The number of aryl methyl sites for hydroxylation is 1. The number of carbonyl (C=O) groups is 1. The topological polar surface area (TPSA) is 73.1 Å². The van der Waals surface area contributed by atoms with Crippen molar-refractivity contribution in [3.05, 3.63) is 47.9 Å². The van der Waals surface area contributed by atoms with Crippen molar-refractivity contribution in [1.29, 1.82) is 5.26 Å². The first-order chi connectivity index (χ1) is 12.6. The molecule has 2 aliphatic rings. The minimum Gasteiger partial charge on any atom is -0.353 e. The molecule has 0 bridgehead atoms. The summed E-state index contributed by atoms with van der Waals surface area (Å²) >= 11 is 0. The monoisotopic (exact) mass is 347 g/mol. The number of nitriles is 1. The van der Waals surface area contributed by atoms with Gasteiger partial charge in [-0.3, -0.25) is 4.79 Å². The molecule has 1 spiro atoms. The molecule has 0 N–H and O–H groups in total. The third-order valence-electron chi connectivity index (χ3n) is 5.58. The van der Waals surface area contributed by atoms with Crippen LogP contribution in [-0.4, -0.2) is 35.5 Å². The number of amides is 1. The molecule has 1 aromatic heterocycles. The molecule has 0 aliphatic carbocycles. The predicted octanol–water partition coefficient (Wildman–Crippen LogP) is 2.68. The number of benzene rings is 1. The molecule has 3 heterocycles. The van der Waals surface area contributed by atoms with Crippen molar-refractivity contribution in [2.75, 3.05) is 29.4 Å². The zero-order chi connectivity index (χ0) is 18.1. The lowest BCUT2D eigenvalue weighted by Crippen LogP contribution is -2.48. The maximum atomic E-state index is 13.4. The molecule has 1 amide bonds. The number of hydrogen-bond donors (Lipinski definition) is 0. The average molecular weight is 347 g/mol. The molecule has 1 atom stereocenters. The molecule has 2 saturated heterocycles. The van der Waals surface area contributed by atoms with E-state index in [9.17, 15) is 10.1 Å². The summed E-state index contributed by atoms with van der Waals surface area (Å²) in [7, 11) is 0. The molecule has 26 heavy (non-hydrogen) atoms. The zero-order valence-electron chi connectivity index (χ0n) is 14.9. The Morgan fingerprint density at radius 1 is 1.15 bits per heavy atom. The van der Waals surface area contributed by atoms with Gasteiger partial charge in [-0.2, -0.15) is 5.26 Å². The number of carbonyl (C=O) groups excluding carboxylic acids is 1. The molecular formula is C20H21N5O. The van der Waals surface area contributed by atoms with Crippen molar-refractivity contribution in [1.82, 2.24) is 9.97 Å². The van der Waals surface area contributed by atoms with Crippen molar-refractivity contribution >= 4 is 17.4 Å². The van der Waals surface area contributed by atoms with Crippen LogP contribution in [0.3, 0.4) is 0 Å². The van der Waals surface area contributed by atoms with Gasteiger partial charge in [-0.1, -0.05) is 18.2 Å². The number of para-hydroxylation sites is 1. The van der Waals surface area contributed by atoms with Crippen molar-refractivity contribution < 1.29 is 4.79 Å². The minimum absolute atomic E-state index is 0.193. The molecule has 0 unspecified atom stereocenters. The van der Waals surface area contributed by atoms with E-state index in [2.05, 4.69) is 20.9 Å². The van der Waals surface area contributed by atoms with E-state index in [4.69, 9.17) is 0 Å². The van der Waals surface area contributed by atoms with Gasteiger partial charge in [0.25, 0.3) is 0 Å². The Morgan fingerprint density at radius 2 is 1.96 bits per heavy atom. The highest BCUT2D eigenvalue weighted by Gasteiger charge is 2.49. The normalized spacial score (nSPS) is 22.7. The van der Waals surface area contributed by atoms with E-state index in [1.165, 1.54) is 6.20 Å². The van der Waals surface area contributed by atoms with Gasteiger partial charge in [0.1, 0.15) is 6.07 Å². The van der Waals surface area contributed by atoms with Crippen molar-refractivity contribution in [2.24, 2.45) is 5.41 Å². The fourth-order valence-electron chi connectivity index (χ4n) is 4.25. The van der Waals surface area contributed by atoms with Crippen LogP contribution in [0.15, 0.2) is 36.7 Å². The quantitative estimate of drug-likeness (QED) is 0.835. The van der Waals surface area contributed by atoms with Crippen LogP contribution in [0.5, 0.6) is 0 Å². The standard InChI is InChI=1S/C20H21N5O/c1-15-5-2-3-6-17(15)25-12-8-20(19(25)26)7-4-11-24(14-20)18-16(13-21)22-9-10-23-18/h2-3,5-6,9-10H,4,7-8,11-12,14H2,1H3/t20-/m1/s1. The summed E-state index contributed by atoms with van der Waals surface area (Å²) in [6.07, 6.45) is 5.76. The van der Waals surface area contributed by atoms with Gasteiger partial charge in [-0.05, 0) is 37.8 Å². The highest BCUT2D eigenvalue weighted by atomic mass is 16.2. The molecule has 0 saturated carbocycles. The Morgan fingerprint density at radius 3 is 2.77 bits per heavy atom. The molecule has 6 heteroatoms. The predicted molar refractivity (Wildman–Crippen MR) is 98.8 cm³/mol. The molecule has 2 aromatic rings. The highest BCUT2D eigenvalue weighted by Crippen LogP contribution is 2.43. The van der Waals surface area contributed by atoms with Crippen LogP contribution in [0, 0.1) is 23.7 Å². The first-order valence-corrected chi connectivity index (χ1v) is 8.98.